The summed E-state index contributed by atoms with van der Waals surface area (Å²) >= 11 is 0. The highest BCUT2D eigenvalue weighted by Gasteiger charge is 2.28. The van der Waals surface area contributed by atoms with Crippen molar-refractivity contribution < 1.29 is 14.6 Å². The molecule has 1 aliphatic heterocycles. The fourth-order valence-electron chi connectivity index (χ4n) is 4.40. The number of hydrogen-bond donors (Lipinski definition) is 1. The molecular formula is C28H25N3O3. The average Bonchev–Trinajstić information content (AvgIpc) is 2.87. The number of aromatic nitrogens is 2. The van der Waals surface area contributed by atoms with Gasteiger partial charge in [-0.25, -0.2) is 9.78 Å². The van der Waals surface area contributed by atoms with Gasteiger partial charge >= 0.3 is 5.97 Å². The molecule has 0 saturated carbocycles. The summed E-state index contributed by atoms with van der Waals surface area (Å²) in [6.07, 6.45) is 3.82. The van der Waals surface area contributed by atoms with Gasteiger partial charge in [-0.3, -0.25) is 9.88 Å². The summed E-state index contributed by atoms with van der Waals surface area (Å²) < 4.78 is 6.10. The lowest BCUT2D eigenvalue weighted by Gasteiger charge is -2.30. The number of carboxylic acid groups (broad SMARTS) is 1. The molecule has 0 saturated heterocycles. The zero-order chi connectivity index (χ0) is 23.5. The molecular weight excluding hydrogens is 426 g/mol. The third-order valence-electron chi connectivity index (χ3n) is 6.08. The van der Waals surface area contributed by atoms with Crippen molar-refractivity contribution in [3.05, 3.63) is 101 Å². The van der Waals surface area contributed by atoms with Crippen LogP contribution in [-0.4, -0.2) is 39.0 Å². The summed E-state index contributed by atoms with van der Waals surface area (Å²) in [5, 5.41) is 10.8. The smallest absolute Gasteiger partial charge is 0.336 e. The molecule has 0 spiro atoms. The van der Waals surface area contributed by atoms with Crippen LogP contribution >= 0.6 is 0 Å². The van der Waals surface area contributed by atoms with E-state index in [0.29, 0.717) is 36.2 Å². The predicted molar refractivity (Wildman–Crippen MR) is 133 cm³/mol. The molecule has 1 N–H and O–H groups in total. The third kappa shape index (κ3) is 4.28. The largest absolute Gasteiger partial charge is 0.487 e. The van der Waals surface area contributed by atoms with Crippen LogP contribution in [0.2, 0.25) is 0 Å². The molecule has 6 heteroatoms. The van der Waals surface area contributed by atoms with E-state index in [1.54, 1.807) is 6.20 Å². The maximum Gasteiger partial charge on any atom is 0.336 e. The van der Waals surface area contributed by atoms with Crippen LogP contribution in [-0.2, 0) is 13.2 Å². The lowest BCUT2D eigenvalue weighted by molar-refractivity contribution is 0.0696. The van der Waals surface area contributed by atoms with Crippen molar-refractivity contribution in [1.29, 1.82) is 0 Å². The number of rotatable bonds is 6. The van der Waals surface area contributed by atoms with E-state index in [-0.39, 0.29) is 0 Å². The lowest BCUT2D eigenvalue weighted by Crippen LogP contribution is -2.31. The molecule has 0 fully saturated rings. The molecule has 1 aliphatic rings. The number of carboxylic acids is 1. The first kappa shape index (κ1) is 21.8. The SMILES string of the molecule is CCN1C/C(=C\c2ccccc2OCc2ccccn2)c2nc3ccccc3c(C(=O)O)c2C1. The topological polar surface area (TPSA) is 75.5 Å². The number of nitrogens with zero attached hydrogens (tertiary/aromatic N) is 3. The van der Waals surface area contributed by atoms with Crippen molar-refractivity contribution in [3.63, 3.8) is 0 Å². The summed E-state index contributed by atoms with van der Waals surface area (Å²) in [7, 11) is 0. The summed E-state index contributed by atoms with van der Waals surface area (Å²) in [6.45, 7) is 4.50. The van der Waals surface area contributed by atoms with Gasteiger partial charge in [-0.1, -0.05) is 49.4 Å². The predicted octanol–water partition coefficient (Wildman–Crippen LogP) is 5.28. The fourth-order valence-corrected chi connectivity index (χ4v) is 4.40. The van der Waals surface area contributed by atoms with Crippen LogP contribution in [0.4, 0.5) is 0 Å². The second-order valence-electron chi connectivity index (χ2n) is 8.26. The lowest BCUT2D eigenvalue weighted by atomic mass is 9.92. The van der Waals surface area contributed by atoms with Crippen molar-refractivity contribution in [3.8, 4) is 5.75 Å². The Morgan fingerprint density at radius 3 is 2.65 bits per heavy atom. The molecule has 3 heterocycles. The van der Waals surface area contributed by atoms with Gasteiger partial charge in [0.2, 0.25) is 0 Å². The van der Waals surface area contributed by atoms with E-state index < -0.39 is 5.97 Å². The zero-order valence-corrected chi connectivity index (χ0v) is 18.9. The molecule has 0 amide bonds. The first-order valence-corrected chi connectivity index (χ1v) is 11.3. The van der Waals surface area contributed by atoms with Crippen molar-refractivity contribution in [1.82, 2.24) is 14.9 Å². The molecule has 0 radical (unpaired) electrons. The number of hydrogen-bond acceptors (Lipinski definition) is 5. The van der Waals surface area contributed by atoms with Gasteiger partial charge in [0.25, 0.3) is 0 Å². The first-order valence-electron chi connectivity index (χ1n) is 11.3. The number of ether oxygens (including phenoxy) is 1. The van der Waals surface area contributed by atoms with Crippen LogP contribution in [0.15, 0.2) is 72.9 Å². The van der Waals surface area contributed by atoms with Gasteiger partial charge in [0.15, 0.2) is 0 Å². The van der Waals surface area contributed by atoms with Gasteiger partial charge in [0.1, 0.15) is 12.4 Å². The van der Waals surface area contributed by atoms with Crippen molar-refractivity contribution in [2.75, 3.05) is 13.1 Å². The highest BCUT2D eigenvalue weighted by Crippen LogP contribution is 2.35. The molecule has 4 aromatic rings. The minimum Gasteiger partial charge on any atom is -0.487 e. The molecule has 2 aromatic carbocycles. The molecule has 5 rings (SSSR count). The van der Waals surface area contributed by atoms with Crippen LogP contribution in [0, 0.1) is 0 Å². The highest BCUT2D eigenvalue weighted by molar-refractivity contribution is 6.06. The first-order chi connectivity index (χ1) is 16.6. The Kier molecular flexibility index (Phi) is 6.06. The van der Waals surface area contributed by atoms with Gasteiger partial charge < -0.3 is 9.84 Å². The average molecular weight is 452 g/mol. The summed E-state index contributed by atoms with van der Waals surface area (Å²) in [5.41, 5.74) is 5.29. The fraction of sp³-hybridized carbons (Fsp3) is 0.179. The zero-order valence-electron chi connectivity index (χ0n) is 18.9. The second-order valence-corrected chi connectivity index (χ2v) is 8.26. The van der Waals surface area contributed by atoms with Crippen LogP contribution < -0.4 is 4.74 Å². The number of fused-ring (bicyclic) bond motifs is 2. The molecule has 34 heavy (non-hydrogen) atoms. The molecule has 2 aromatic heterocycles. The minimum absolute atomic E-state index is 0.337. The molecule has 0 atom stereocenters. The number of benzene rings is 2. The van der Waals surface area contributed by atoms with Gasteiger partial charge in [0.05, 0.1) is 22.5 Å². The van der Waals surface area contributed by atoms with E-state index in [1.807, 2.05) is 66.7 Å². The van der Waals surface area contributed by atoms with Crippen molar-refractivity contribution in [2.45, 2.75) is 20.1 Å². The minimum atomic E-state index is -0.925. The normalized spacial score (nSPS) is 14.8. The Bertz CT molecular complexity index is 1380. The summed E-state index contributed by atoms with van der Waals surface area (Å²) in [4.78, 5) is 23.8. The maximum atomic E-state index is 12.3. The molecule has 0 bridgehead atoms. The van der Waals surface area contributed by atoms with Gasteiger partial charge in [-0.2, -0.15) is 0 Å². The summed E-state index contributed by atoms with van der Waals surface area (Å²) in [5.74, 6) is -0.179. The quantitative estimate of drug-likeness (QED) is 0.430. The third-order valence-corrected chi connectivity index (χ3v) is 6.08. The second kappa shape index (κ2) is 9.45. The molecule has 170 valence electrons. The van der Waals surface area contributed by atoms with Crippen LogP contribution in [0.5, 0.6) is 5.75 Å². The number of pyridine rings is 2. The van der Waals surface area contributed by atoms with E-state index in [9.17, 15) is 9.90 Å². The molecule has 0 unspecified atom stereocenters. The monoisotopic (exact) mass is 451 g/mol. The Morgan fingerprint density at radius 1 is 1.06 bits per heavy atom. The maximum absolute atomic E-state index is 12.3. The standard InChI is InChI=1S/C28H25N3O3/c1-2-31-16-20(15-19-9-3-6-13-25(19)34-18-21-10-7-8-14-29-21)27-23(17-31)26(28(32)33)22-11-4-5-12-24(22)30-27/h3-15H,2,16-18H2,1H3,(H,32,33)/b20-15+. The Morgan fingerprint density at radius 2 is 1.85 bits per heavy atom. The van der Waals surface area contributed by atoms with Gasteiger partial charge in [0, 0.05) is 35.8 Å². The number of aromatic carboxylic acids is 1. The van der Waals surface area contributed by atoms with E-state index in [0.717, 1.165) is 40.4 Å². The van der Waals surface area contributed by atoms with Gasteiger partial charge in [-0.15, -0.1) is 0 Å². The van der Waals surface area contributed by atoms with E-state index >= 15 is 0 Å². The molecule has 0 aliphatic carbocycles. The summed E-state index contributed by atoms with van der Waals surface area (Å²) in [6, 6.07) is 21.1. The van der Waals surface area contributed by atoms with E-state index in [4.69, 9.17) is 9.72 Å². The van der Waals surface area contributed by atoms with Crippen molar-refractivity contribution in [2.24, 2.45) is 0 Å². The van der Waals surface area contributed by atoms with Crippen LogP contribution in [0.25, 0.3) is 22.6 Å². The highest BCUT2D eigenvalue weighted by atomic mass is 16.5. The van der Waals surface area contributed by atoms with E-state index in [2.05, 4.69) is 22.9 Å². The Hall–Kier alpha value is -4.03. The van der Waals surface area contributed by atoms with Crippen LogP contribution in [0.3, 0.4) is 0 Å². The number of carbonyl (C=O) groups is 1. The van der Waals surface area contributed by atoms with E-state index in [1.165, 1.54) is 0 Å². The van der Waals surface area contributed by atoms with Crippen LogP contribution in [0.1, 0.15) is 39.8 Å². The number of likely N-dealkylation sites (N-methyl/N-ethyl adjacent to an activating group) is 1. The van der Waals surface area contributed by atoms with Gasteiger partial charge in [-0.05, 0) is 42.5 Å². The Balaban J connectivity index is 1.61. The number of para-hydroxylation sites is 2. The molecule has 6 nitrogen and oxygen atoms in total. The van der Waals surface area contributed by atoms with Crippen molar-refractivity contribution >= 4 is 28.5 Å². The Labute approximate surface area is 198 Å².